The summed E-state index contributed by atoms with van der Waals surface area (Å²) in [6, 6.07) is 0.345. The number of nitrogens with zero attached hydrogens (tertiary/aromatic N) is 1. The van der Waals surface area contributed by atoms with Crippen molar-refractivity contribution in [2.24, 2.45) is 5.73 Å². The molecule has 0 aromatic heterocycles. The van der Waals surface area contributed by atoms with Crippen LogP contribution in [0.3, 0.4) is 0 Å². The van der Waals surface area contributed by atoms with Gasteiger partial charge in [0.2, 0.25) is 11.8 Å². The summed E-state index contributed by atoms with van der Waals surface area (Å²) in [5.74, 6) is 0.0119. The second kappa shape index (κ2) is 8.34. The summed E-state index contributed by atoms with van der Waals surface area (Å²) in [5, 5.41) is 2.84. The zero-order valence-corrected chi connectivity index (χ0v) is 12.7. The molecule has 0 aromatic carbocycles. The Bertz CT molecular complexity index is 354. The van der Waals surface area contributed by atoms with Gasteiger partial charge in [0.1, 0.15) is 0 Å². The van der Waals surface area contributed by atoms with Crippen molar-refractivity contribution < 1.29 is 14.3 Å². The van der Waals surface area contributed by atoms with E-state index in [1.807, 2.05) is 0 Å². The third-order valence-corrected chi connectivity index (χ3v) is 4.22. The summed E-state index contributed by atoms with van der Waals surface area (Å²) >= 11 is 0. The first-order valence-corrected chi connectivity index (χ1v) is 8.07. The summed E-state index contributed by atoms with van der Waals surface area (Å²) in [6.45, 7) is 2.18. The maximum atomic E-state index is 11.7. The van der Waals surface area contributed by atoms with Gasteiger partial charge in [-0.2, -0.15) is 0 Å². The SMILES string of the molecule is NC1CCC(OCCCNC(=O)CN2CCCC2=O)CC1. The van der Waals surface area contributed by atoms with Gasteiger partial charge < -0.3 is 20.7 Å². The summed E-state index contributed by atoms with van der Waals surface area (Å²) in [4.78, 5) is 24.7. The highest BCUT2D eigenvalue weighted by molar-refractivity contribution is 5.85. The lowest BCUT2D eigenvalue weighted by atomic mass is 9.94. The molecule has 2 rings (SSSR count). The average molecular weight is 297 g/mol. The molecule has 1 saturated carbocycles. The van der Waals surface area contributed by atoms with Crippen molar-refractivity contribution in [1.29, 1.82) is 0 Å². The van der Waals surface area contributed by atoms with E-state index in [0.29, 0.717) is 38.3 Å². The highest BCUT2D eigenvalue weighted by Crippen LogP contribution is 2.19. The molecule has 0 unspecified atom stereocenters. The zero-order chi connectivity index (χ0) is 15.1. The third-order valence-electron chi connectivity index (χ3n) is 4.22. The zero-order valence-electron chi connectivity index (χ0n) is 12.7. The van der Waals surface area contributed by atoms with Crippen LogP contribution in [-0.4, -0.2) is 55.1 Å². The summed E-state index contributed by atoms with van der Waals surface area (Å²) in [7, 11) is 0. The lowest BCUT2D eigenvalue weighted by Crippen LogP contribution is -2.38. The molecule has 6 heteroatoms. The molecule has 1 saturated heterocycles. The van der Waals surface area contributed by atoms with Crippen molar-refractivity contribution in [3.63, 3.8) is 0 Å². The van der Waals surface area contributed by atoms with E-state index in [0.717, 1.165) is 38.5 Å². The molecular formula is C15H27N3O3. The number of rotatable bonds is 7. The lowest BCUT2D eigenvalue weighted by molar-refractivity contribution is -0.133. The lowest BCUT2D eigenvalue weighted by Gasteiger charge is -2.26. The van der Waals surface area contributed by atoms with E-state index in [-0.39, 0.29) is 18.4 Å². The van der Waals surface area contributed by atoms with Crippen molar-refractivity contribution in [1.82, 2.24) is 10.2 Å². The third kappa shape index (κ3) is 5.63. The van der Waals surface area contributed by atoms with Crippen LogP contribution in [0.4, 0.5) is 0 Å². The van der Waals surface area contributed by atoms with Crippen LogP contribution in [-0.2, 0) is 14.3 Å². The number of nitrogens with two attached hydrogens (primary N) is 1. The Morgan fingerprint density at radius 2 is 2.10 bits per heavy atom. The topological polar surface area (TPSA) is 84.7 Å². The molecule has 21 heavy (non-hydrogen) atoms. The molecule has 1 aliphatic heterocycles. The number of hydrogen-bond acceptors (Lipinski definition) is 4. The van der Waals surface area contributed by atoms with Gasteiger partial charge in [-0.25, -0.2) is 0 Å². The summed E-state index contributed by atoms with van der Waals surface area (Å²) < 4.78 is 5.79. The quantitative estimate of drug-likeness (QED) is 0.666. The Kier molecular flexibility index (Phi) is 6.45. The molecule has 0 bridgehead atoms. The van der Waals surface area contributed by atoms with E-state index >= 15 is 0 Å². The fourth-order valence-electron chi connectivity index (χ4n) is 2.91. The fourth-order valence-corrected chi connectivity index (χ4v) is 2.91. The maximum absolute atomic E-state index is 11.7. The van der Waals surface area contributed by atoms with E-state index in [1.165, 1.54) is 0 Å². The molecule has 6 nitrogen and oxygen atoms in total. The Labute approximate surface area is 126 Å². The van der Waals surface area contributed by atoms with E-state index < -0.39 is 0 Å². The average Bonchev–Trinajstić information content (AvgIpc) is 2.86. The van der Waals surface area contributed by atoms with Crippen LogP contribution >= 0.6 is 0 Å². The van der Waals surface area contributed by atoms with Gasteiger partial charge in [-0.05, 0) is 38.5 Å². The Morgan fingerprint density at radius 1 is 1.33 bits per heavy atom. The fraction of sp³-hybridized carbons (Fsp3) is 0.867. The van der Waals surface area contributed by atoms with Gasteiger partial charge in [0.05, 0.1) is 12.6 Å². The second-order valence-corrected chi connectivity index (χ2v) is 6.03. The molecule has 120 valence electrons. The van der Waals surface area contributed by atoms with Crippen LogP contribution in [0.5, 0.6) is 0 Å². The predicted octanol–water partition coefficient (Wildman–Crippen LogP) is 0.402. The highest BCUT2D eigenvalue weighted by Gasteiger charge is 2.22. The van der Waals surface area contributed by atoms with Crippen molar-refractivity contribution in [2.75, 3.05) is 26.2 Å². The molecule has 0 aromatic rings. The molecule has 0 radical (unpaired) electrons. The number of ether oxygens (including phenoxy) is 1. The Morgan fingerprint density at radius 3 is 2.76 bits per heavy atom. The van der Waals surface area contributed by atoms with E-state index in [9.17, 15) is 9.59 Å². The van der Waals surface area contributed by atoms with Gasteiger partial charge in [-0.3, -0.25) is 9.59 Å². The van der Waals surface area contributed by atoms with Gasteiger partial charge in [0.15, 0.2) is 0 Å². The molecule has 2 amide bonds. The van der Waals surface area contributed by atoms with Crippen LogP contribution in [0.1, 0.15) is 44.9 Å². The highest BCUT2D eigenvalue weighted by atomic mass is 16.5. The minimum atomic E-state index is -0.0751. The summed E-state index contributed by atoms with van der Waals surface area (Å²) in [6.07, 6.45) is 6.77. The largest absolute Gasteiger partial charge is 0.378 e. The normalized spacial score (nSPS) is 26.1. The number of carbonyl (C=O) groups is 2. The molecular weight excluding hydrogens is 270 g/mol. The monoisotopic (exact) mass is 297 g/mol. The number of amides is 2. The van der Waals surface area contributed by atoms with Crippen molar-refractivity contribution >= 4 is 11.8 Å². The van der Waals surface area contributed by atoms with Gasteiger partial charge in [-0.1, -0.05) is 0 Å². The van der Waals surface area contributed by atoms with Crippen LogP contribution in [0.25, 0.3) is 0 Å². The van der Waals surface area contributed by atoms with E-state index in [1.54, 1.807) is 4.90 Å². The standard InChI is InChI=1S/C15H27N3O3/c16-12-4-6-13(7-5-12)21-10-2-8-17-14(19)11-18-9-1-3-15(18)20/h12-13H,1-11,16H2,(H,17,19). The first kappa shape index (κ1) is 16.2. The van der Waals surface area contributed by atoms with Crippen molar-refractivity contribution in [3.8, 4) is 0 Å². The molecule has 0 spiro atoms. The van der Waals surface area contributed by atoms with Gasteiger partial charge in [0.25, 0.3) is 0 Å². The minimum Gasteiger partial charge on any atom is -0.378 e. The smallest absolute Gasteiger partial charge is 0.239 e. The predicted molar refractivity (Wildman–Crippen MR) is 79.6 cm³/mol. The minimum absolute atomic E-state index is 0.0751. The molecule has 1 heterocycles. The van der Waals surface area contributed by atoms with Crippen molar-refractivity contribution in [3.05, 3.63) is 0 Å². The number of hydrogen-bond donors (Lipinski definition) is 2. The first-order valence-electron chi connectivity index (χ1n) is 8.07. The van der Waals surface area contributed by atoms with Crippen LogP contribution in [0, 0.1) is 0 Å². The van der Waals surface area contributed by atoms with Gasteiger partial charge in [-0.15, -0.1) is 0 Å². The van der Waals surface area contributed by atoms with Crippen LogP contribution < -0.4 is 11.1 Å². The summed E-state index contributed by atoms with van der Waals surface area (Å²) in [5.41, 5.74) is 5.85. The number of nitrogens with one attached hydrogen (secondary N) is 1. The molecule has 2 fully saturated rings. The van der Waals surface area contributed by atoms with Crippen LogP contribution in [0.2, 0.25) is 0 Å². The molecule has 0 atom stereocenters. The first-order chi connectivity index (χ1) is 10.1. The maximum Gasteiger partial charge on any atom is 0.239 e. The number of carbonyl (C=O) groups excluding carboxylic acids is 2. The molecule has 2 aliphatic rings. The Balaban J connectivity index is 1.47. The van der Waals surface area contributed by atoms with Crippen molar-refractivity contribution in [2.45, 2.75) is 57.1 Å². The van der Waals surface area contributed by atoms with Gasteiger partial charge in [0, 0.05) is 32.2 Å². The van der Waals surface area contributed by atoms with Gasteiger partial charge >= 0.3 is 0 Å². The van der Waals surface area contributed by atoms with Crippen LogP contribution in [0.15, 0.2) is 0 Å². The molecule has 3 N–H and O–H groups in total. The van der Waals surface area contributed by atoms with E-state index in [2.05, 4.69) is 5.32 Å². The number of likely N-dealkylation sites (tertiary alicyclic amines) is 1. The Hall–Kier alpha value is -1.14. The van der Waals surface area contributed by atoms with E-state index in [4.69, 9.17) is 10.5 Å². The second-order valence-electron chi connectivity index (χ2n) is 6.03. The molecule has 1 aliphatic carbocycles.